The Morgan fingerprint density at radius 3 is 1.73 bits per heavy atom. The Labute approximate surface area is 283 Å². The summed E-state index contributed by atoms with van der Waals surface area (Å²) in [6.07, 6.45) is -5.62. The van der Waals surface area contributed by atoms with Crippen LogP contribution in [0.5, 0.6) is 0 Å². The van der Waals surface area contributed by atoms with Crippen LogP contribution in [0.3, 0.4) is 0 Å². The molecule has 12 nitrogen and oxygen atoms in total. The van der Waals surface area contributed by atoms with E-state index in [4.69, 9.17) is 18.9 Å². The van der Waals surface area contributed by atoms with Gasteiger partial charge >= 0.3 is 23.6 Å². The lowest BCUT2D eigenvalue weighted by atomic mass is 10.1. The maximum Gasteiger partial charge on any atom is 0.347 e. The fourth-order valence-electron chi connectivity index (χ4n) is 5.04. The molecule has 1 saturated heterocycles. The molecule has 0 saturated carbocycles. The highest BCUT2D eigenvalue weighted by molar-refractivity contribution is 7.98. The number of hydrogen-bond acceptors (Lipinski definition) is 11. The minimum atomic E-state index is -1.51. The second-order valence-corrected chi connectivity index (χ2v) is 11.7. The Morgan fingerprint density at radius 2 is 1.18 bits per heavy atom. The second kappa shape index (κ2) is 15.4. The van der Waals surface area contributed by atoms with Crippen molar-refractivity contribution in [2.45, 2.75) is 35.3 Å². The minimum Gasteiger partial charge on any atom is -0.459 e. The van der Waals surface area contributed by atoms with Gasteiger partial charge in [-0.3, -0.25) is 9.78 Å². The first-order valence-corrected chi connectivity index (χ1v) is 16.2. The Balaban J connectivity index is 1.37. The summed E-state index contributed by atoms with van der Waals surface area (Å²) in [4.78, 5) is 68.0. The van der Waals surface area contributed by atoms with Crippen molar-refractivity contribution in [3.8, 4) is 0 Å². The molecule has 0 aliphatic carbocycles. The van der Waals surface area contributed by atoms with Gasteiger partial charge in [-0.15, -0.1) is 0 Å². The van der Waals surface area contributed by atoms with Gasteiger partial charge in [-0.2, -0.15) is 9.78 Å². The van der Waals surface area contributed by atoms with Gasteiger partial charge in [0.05, 0.1) is 16.7 Å². The molecule has 0 amide bonds. The van der Waals surface area contributed by atoms with Crippen LogP contribution in [0, 0.1) is 0 Å². The first kappa shape index (κ1) is 33.1. The molecule has 5 aromatic rings. The summed E-state index contributed by atoms with van der Waals surface area (Å²) < 4.78 is 24.4. The molecule has 1 aliphatic rings. The van der Waals surface area contributed by atoms with Crippen molar-refractivity contribution >= 4 is 29.7 Å². The molecule has 1 N–H and O–H groups in total. The second-order valence-electron chi connectivity index (χ2n) is 10.8. The van der Waals surface area contributed by atoms with Crippen molar-refractivity contribution in [1.29, 1.82) is 0 Å². The van der Waals surface area contributed by atoms with Crippen molar-refractivity contribution in [3.05, 3.63) is 164 Å². The number of benzene rings is 4. The summed E-state index contributed by atoms with van der Waals surface area (Å²) in [6.45, 7) is -0.454. The summed E-state index contributed by atoms with van der Waals surface area (Å²) in [5.41, 5.74) is -0.146. The molecule has 1 aromatic heterocycles. The van der Waals surface area contributed by atoms with Crippen LogP contribution in [0.1, 0.15) is 42.9 Å². The summed E-state index contributed by atoms with van der Waals surface area (Å²) in [5, 5.41) is 4.25. The Morgan fingerprint density at radius 1 is 0.694 bits per heavy atom. The zero-order chi connectivity index (χ0) is 34.2. The lowest BCUT2D eigenvalue weighted by Crippen LogP contribution is -2.44. The molecule has 49 heavy (non-hydrogen) atoms. The van der Waals surface area contributed by atoms with E-state index in [0.717, 1.165) is 22.0 Å². The molecule has 0 unspecified atom stereocenters. The third-order valence-corrected chi connectivity index (χ3v) is 8.48. The molecule has 6 rings (SSSR count). The van der Waals surface area contributed by atoms with Crippen LogP contribution in [-0.4, -0.2) is 57.6 Å². The number of ether oxygens (including phenoxy) is 4. The van der Waals surface area contributed by atoms with Crippen LogP contribution >= 0.6 is 11.8 Å². The lowest BCUT2D eigenvalue weighted by Gasteiger charge is -2.24. The molecule has 4 atom stereocenters. The van der Waals surface area contributed by atoms with E-state index < -0.39 is 60.3 Å². The normalized spacial score (nSPS) is 18.4. The van der Waals surface area contributed by atoms with Crippen molar-refractivity contribution < 1.29 is 33.3 Å². The summed E-state index contributed by atoms with van der Waals surface area (Å²) in [7, 11) is 0. The van der Waals surface area contributed by atoms with Crippen molar-refractivity contribution in [2.75, 3.05) is 6.61 Å². The molecule has 0 spiro atoms. The number of carbonyl (C=O) groups excluding carboxylic acids is 3. The van der Waals surface area contributed by atoms with Crippen molar-refractivity contribution in [3.63, 3.8) is 0 Å². The SMILES string of the molecule is O=C(OC[C@@H]1O[C@@H](n2nc(SCc3ccccc3)c(=O)[nH]c2=O)[C@H](OC(=O)c2ccccc2)[C@@H]1OC(=O)c1ccccc1)c1ccccc1. The number of H-pyrrole nitrogens is 1. The van der Waals surface area contributed by atoms with E-state index in [1.54, 1.807) is 66.7 Å². The molecule has 1 fully saturated rings. The quantitative estimate of drug-likeness (QED) is 0.120. The fourth-order valence-corrected chi connectivity index (χ4v) is 5.87. The highest BCUT2D eigenvalue weighted by Crippen LogP contribution is 2.34. The number of nitrogens with zero attached hydrogens (tertiary/aromatic N) is 2. The van der Waals surface area contributed by atoms with Gasteiger partial charge in [0.2, 0.25) is 0 Å². The number of hydrogen-bond donors (Lipinski definition) is 1. The maximum absolute atomic E-state index is 13.4. The number of aromatic nitrogens is 3. The van der Waals surface area contributed by atoms with E-state index in [0.29, 0.717) is 5.75 Å². The monoisotopic (exact) mass is 679 g/mol. The average molecular weight is 680 g/mol. The van der Waals surface area contributed by atoms with Gasteiger partial charge in [-0.25, -0.2) is 19.2 Å². The van der Waals surface area contributed by atoms with Gasteiger partial charge in [0, 0.05) is 5.75 Å². The van der Waals surface area contributed by atoms with Gasteiger partial charge in [-0.1, -0.05) is 96.7 Å². The third kappa shape index (κ3) is 8.03. The van der Waals surface area contributed by atoms with Crippen LogP contribution < -0.4 is 11.2 Å². The number of esters is 3. The molecular weight excluding hydrogens is 650 g/mol. The first-order chi connectivity index (χ1) is 23.9. The Bertz CT molecular complexity index is 2020. The third-order valence-electron chi connectivity index (χ3n) is 7.46. The molecule has 4 aromatic carbocycles. The highest BCUT2D eigenvalue weighted by atomic mass is 32.2. The van der Waals surface area contributed by atoms with Crippen molar-refractivity contribution in [2.24, 2.45) is 0 Å². The van der Waals surface area contributed by atoms with Crippen LogP contribution in [-0.2, 0) is 24.7 Å². The predicted molar refractivity (Wildman–Crippen MR) is 177 cm³/mol. The highest BCUT2D eigenvalue weighted by Gasteiger charge is 2.52. The van der Waals surface area contributed by atoms with Gasteiger partial charge in [-0.05, 0) is 42.0 Å². The number of thioether (sulfide) groups is 1. The van der Waals surface area contributed by atoms with Gasteiger partial charge in [0.25, 0.3) is 5.56 Å². The number of carbonyl (C=O) groups is 3. The topological polar surface area (TPSA) is 156 Å². The molecule has 2 heterocycles. The largest absolute Gasteiger partial charge is 0.459 e. The summed E-state index contributed by atoms with van der Waals surface area (Å²) in [5.74, 6) is -1.91. The van der Waals surface area contributed by atoms with E-state index in [1.807, 2.05) is 30.3 Å². The smallest absolute Gasteiger partial charge is 0.347 e. The molecule has 248 valence electrons. The predicted octanol–water partition coefficient (Wildman–Crippen LogP) is 4.43. The van der Waals surface area contributed by atoms with Gasteiger partial charge in [0.15, 0.2) is 23.5 Å². The Hall–Kier alpha value is -5.79. The zero-order valence-electron chi connectivity index (χ0n) is 25.7. The molecule has 0 radical (unpaired) electrons. The molecular formula is C36H29N3O9S. The van der Waals surface area contributed by atoms with Crippen molar-refractivity contribution in [1.82, 2.24) is 14.8 Å². The molecule has 0 bridgehead atoms. The summed E-state index contributed by atoms with van der Waals surface area (Å²) >= 11 is 1.08. The standard InChI is InChI=1S/C36H29N3O9S/c40-30-31(49-22-23-13-5-1-6-14-23)38-39(36(44)37-30)32-29(48-35(43)26-19-11-4-12-20-26)28(47-34(42)25-17-9-3-10-18-25)27(46-32)21-45-33(41)24-15-7-2-8-16-24/h1-20,27-29,32H,21-22H2,(H,37,40,44)/t27-,28+,29+,32+/m0/s1. The number of aromatic amines is 1. The first-order valence-electron chi connectivity index (χ1n) is 15.2. The maximum atomic E-state index is 13.4. The molecule has 13 heteroatoms. The number of nitrogens with one attached hydrogen (secondary N) is 1. The minimum absolute atomic E-state index is 0.0584. The molecule has 1 aliphatic heterocycles. The van der Waals surface area contributed by atoms with Crippen LogP contribution in [0.2, 0.25) is 0 Å². The van der Waals surface area contributed by atoms with E-state index >= 15 is 0 Å². The van der Waals surface area contributed by atoms with Gasteiger partial charge in [0.1, 0.15) is 12.7 Å². The van der Waals surface area contributed by atoms with Crippen LogP contribution in [0.4, 0.5) is 0 Å². The van der Waals surface area contributed by atoms with E-state index in [9.17, 15) is 24.0 Å². The van der Waals surface area contributed by atoms with E-state index in [1.165, 1.54) is 24.3 Å². The lowest BCUT2D eigenvalue weighted by molar-refractivity contribution is -0.0707. The fraction of sp³-hybridized carbons (Fsp3) is 0.167. The van der Waals surface area contributed by atoms with Crippen LogP contribution in [0.25, 0.3) is 0 Å². The Kier molecular flexibility index (Phi) is 10.4. The van der Waals surface area contributed by atoms with Crippen LogP contribution in [0.15, 0.2) is 136 Å². The average Bonchev–Trinajstić information content (AvgIpc) is 3.47. The number of rotatable bonds is 11. The summed E-state index contributed by atoms with van der Waals surface area (Å²) in [6, 6.07) is 33.7. The van der Waals surface area contributed by atoms with E-state index in [2.05, 4.69) is 10.1 Å². The van der Waals surface area contributed by atoms with Gasteiger partial charge < -0.3 is 18.9 Å². The van der Waals surface area contributed by atoms with E-state index in [-0.39, 0.29) is 21.7 Å². The zero-order valence-corrected chi connectivity index (χ0v) is 26.6.